The van der Waals surface area contributed by atoms with Crippen molar-refractivity contribution >= 4 is 17.5 Å². The summed E-state index contributed by atoms with van der Waals surface area (Å²) in [6, 6.07) is 17.3. The Labute approximate surface area is 179 Å². The number of aryl methyl sites for hydroxylation is 1. The van der Waals surface area contributed by atoms with Gasteiger partial charge in [-0.2, -0.15) is 0 Å². The molecule has 154 valence electrons. The smallest absolute Gasteiger partial charge is 0.280 e. The van der Waals surface area contributed by atoms with Crippen LogP contribution in [0.25, 0.3) is 17.0 Å². The highest BCUT2D eigenvalue weighted by molar-refractivity contribution is 8.02. The maximum absolute atomic E-state index is 13.5. The zero-order valence-electron chi connectivity index (χ0n) is 17.1. The Morgan fingerprint density at radius 2 is 1.80 bits per heavy atom. The van der Waals surface area contributed by atoms with Gasteiger partial charge in [0.05, 0.1) is 5.69 Å². The van der Waals surface area contributed by atoms with Crippen molar-refractivity contribution in [3.63, 3.8) is 0 Å². The number of halogens is 2. The Morgan fingerprint density at radius 3 is 2.53 bits per heavy atom. The summed E-state index contributed by atoms with van der Waals surface area (Å²) in [6.07, 6.45) is -1.74. The molecule has 2 heterocycles. The van der Waals surface area contributed by atoms with Crippen molar-refractivity contribution in [1.82, 2.24) is 15.3 Å². The first-order valence-corrected chi connectivity index (χ1v) is 10.7. The predicted molar refractivity (Wildman–Crippen MR) is 118 cm³/mol. The highest BCUT2D eigenvalue weighted by Crippen LogP contribution is 2.33. The first kappa shape index (κ1) is 20.5. The monoisotopic (exact) mass is 423 g/mol. The van der Waals surface area contributed by atoms with Crippen molar-refractivity contribution in [2.45, 2.75) is 44.3 Å². The molecular weight excluding hydrogens is 400 g/mol. The maximum atomic E-state index is 13.5. The van der Waals surface area contributed by atoms with Crippen molar-refractivity contribution < 1.29 is 8.78 Å². The molecule has 1 aliphatic rings. The fourth-order valence-corrected chi connectivity index (χ4v) is 4.29. The minimum atomic E-state index is -2.66. The third kappa shape index (κ3) is 4.54. The van der Waals surface area contributed by atoms with Crippen LogP contribution in [0.1, 0.15) is 42.7 Å². The molecule has 4 rings (SSSR count). The third-order valence-electron chi connectivity index (χ3n) is 4.99. The molecule has 0 unspecified atom stereocenters. The summed E-state index contributed by atoms with van der Waals surface area (Å²) in [5.74, 6) is 0. The van der Waals surface area contributed by atoms with Gasteiger partial charge in [-0.3, -0.25) is 0 Å². The molecule has 3 nitrogen and oxygen atoms in total. The second-order valence-electron chi connectivity index (χ2n) is 8.12. The summed E-state index contributed by atoms with van der Waals surface area (Å²) in [7, 11) is 0. The fourth-order valence-electron chi connectivity index (χ4n) is 3.57. The lowest BCUT2D eigenvalue weighted by molar-refractivity contribution is 0.145. The molecule has 0 bridgehead atoms. The van der Waals surface area contributed by atoms with Gasteiger partial charge >= 0.3 is 0 Å². The standard InChI is InChI=1S/C24H23F2N3S/c1-15-8-10-16(11-9-15)19-12-20(22(25)26)28-23(27-19)30-14-21-18-7-5-4-6-17(18)13-24(2,3)29-21/h4-12,14,22,29H,13H2,1-3H3. The number of rotatable bonds is 4. The first-order chi connectivity index (χ1) is 14.3. The normalized spacial score (nSPS) is 16.4. The minimum absolute atomic E-state index is 0.0977. The lowest BCUT2D eigenvalue weighted by atomic mass is 9.86. The van der Waals surface area contributed by atoms with E-state index < -0.39 is 6.43 Å². The average Bonchev–Trinajstić information content (AvgIpc) is 2.71. The molecule has 0 spiro atoms. The average molecular weight is 424 g/mol. The van der Waals surface area contributed by atoms with Crippen LogP contribution in [0, 0.1) is 6.92 Å². The Bertz CT molecular complexity index is 1090. The molecule has 0 atom stereocenters. The Balaban J connectivity index is 1.70. The van der Waals surface area contributed by atoms with E-state index in [0.29, 0.717) is 10.9 Å². The van der Waals surface area contributed by atoms with Crippen molar-refractivity contribution in [3.05, 3.63) is 82.4 Å². The third-order valence-corrected chi connectivity index (χ3v) is 5.74. The summed E-state index contributed by atoms with van der Waals surface area (Å²) in [6.45, 7) is 6.27. The number of hydrogen-bond acceptors (Lipinski definition) is 4. The van der Waals surface area contributed by atoms with Crippen molar-refractivity contribution in [2.24, 2.45) is 0 Å². The van der Waals surface area contributed by atoms with Gasteiger partial charge < -0.3 is 5.32 Å². The lowest BCUT2D eigenvalue weighted by Crippen LogP contribution is -2.43. The van der Waals surface area contributed by atoms with Gasteiger partial charge in [0.15, 0.2) is 5.16 Å². The van der Waals surface area contributed by atoms with Gasteiger partial charge in [0, 0.05) is 27.8 Å². The Hall–Kier alpha value is -2.73. The number of fused-ring (bicyclic) bond motifs is 1. The fraction of sp³-hybridized carbons (Fsp3) is 0.250. The van der Waals surface area contributed by atoms with E-state index in [1.165, 1.54) is 23.4 Å². The lowest BCUT2D eigenvalue weighted by Gasteiger charge is -2.35. The van der Waals surface area contributed by atoms with Crippen LogP contribution in [0.15, 0.2) is 65.2 Å². The van der Waals surface area contributed by atoms with Crippen molar-refractivity contribution in [3.8, 4) is 11.3 Å². The molecule has 0 radical (unpaired) electrons. The number of benzene rings is 2. The van der Waals surface area contributed by atoms with E-state index in [9.17, 15) is 8.78 Å². The molecule has 2 aromatic carbocycles. The number of alkyl halides is 2. The highest BCUT2D eigenvalue weighted by atomic mass is 32.2. The van der Waals surface area contributed by atoms with Crippen LogP contribution in [0.3, 0.4) is 0 Å². The van der Waals surface area contributed by atoms with Crippen LogP contribution in [0.2, 0.25) is 0 Å². The molecule has 0 saturated carbocycles. The van der Waals surface area contributed by atoms with E-state index in [4.69, 9.17) is 0 Å². The molecule has 30 heavy (non-hydrogen) atoms. The topological polar surface area (TPSA) is 37.8 Å². The van der Waals surface area contributed by atoms with Crippen LogP contribution in [0.5, 0.6) is 0 Å². The van der Waals surface area contributed by atoms with E-state index in [1.807, 2.05) is 48.7 Å². The van der Waals surface area contributed by atoms with E-state index >= 15 is 0 Å². The molecule has 1 aliphatic heterocycles. The summed E-state index contributed by atoms with van der Waals surface area (Å²) >= 11 is 1.25. The zero-order valence-corrected chi connectivity index (χ0v) is 17.9. The van der Waals surface area contributed by atoms with Gasteiger partial charge in [0.2, 0.25) is 0 Å². The van der Waals surface area contributed by atoms with Gasteiger partial charge in [0.1, 0.15) is 5.69 Å². The van der Waals surface area contributed by atoms with Crippen LogP contribution < -0.4 is 5.32 Å². The van der Waals surface area contributed by atoms with Gasteiger partial charge in [-0.05, 0) is 38.8 Å². The van der Waals surface area contributed by atoms with E-state index in [0.717, 1.165) is 28.8 Å². The SMILES string of the molecule is Cc1ccc(-c2cc(C(F)F)nc(SC=C3NC(C)(C)Cc4ccccc43)n2)cc1. The van der Waals surface area contributed by atoms with E-state index in [1.54, 1.807) is 0 Å². The molecule has 0 amide bonds. The van der Waals surface area contributed by atoms with Crippen molar-refractivity contribution in [2.75, 3.05) is 0 Å². The minimum Gasteiger partial charge on any atom is -0.379 e. The number of nitrogens with zero attached hydrogens (tertiary/aromatic N) is 2. The van der Waals surface area contributed by atoms with Gasteiger partial charge in [-0.15, -0.1) is 0 Å². The molecule has 1 N–H and O–H groups in total. The van der Waals surface area contributed by atoms with Gasteiger partial charge in [-0.25, -0.2) is 18.7 Å². The molecule has 0 saturated heterocycles. The molecule has 1 aromatic heterocycles. The number of nitrogens with one attached hydrogen (secondary N) is 1. The van der Waals surface area contributed by atoms with Gasteiger partial charge in [0.25, 0.3) is 6.43 Å². The second-order valence-corrected chi connectivity index (χ2v) is 8.96. The molecule has 0 aliphatic carbocycles. The van der Waals surface area contributed by atoms with Crippen LogP contribution in [0.4, 0.5) is 8.78 Å². The van der Waals surface area contributed by atoms with Crippen molar-refractivity contribution in [1.29, 1.82) is 0 Å². The van der Waals surface area contributed by atoms with E-state index in [-0.39, 0.29) is 11.2 Å². The molecular formula is C24H23F2N3S. The number of hydrogen-bond donors (Lipinski definition) is 1. The Kier molecular flexibility index (Phi) is 5.60. The van der Waals surface area contributed by atoms with Gasteiger partial charge in [-0.1, -0.05) is 65.9 Å². The zero-order chi connectivity index (χ0) is 21.3. The van der Waals surface area contributed by atoms with Crippen LogP contribution in [-0.4, -0.2) is 15.5 Å². The second kappa shape index (κ2) is 8.19. The van der Waals surface area contributed by atoms with E-state index in [2.05, 4.69) is 41.3 Å². The summed E-state index contributed by atoms with van der Waals surface area (Å²) in [5.41, 5.74) is 5.36. The molecule has 6 heteroatoms. The van der Waals surface area contributed by atoms with Crippen LogP contribution >= 0.6 is 11.8 Å². The molecule has 0 fully saturated rings. The number of aromatic nitrogens is 2. The molecule has 3 aromatic rings. The predicted octanol–water partition coefficient (Wildman–Crippen LogP) is 6.40. The summed E-state index contributed by atoms with van der Waals surface area (Å²) in [5, 5.41) is 5.77. The largest absolute Gasteiger partial charge is 0.379 e. The summed E-state index contributed by atoms with van der Waals surface area (Å²) in [4.78, 5) is 8.62. The highest BCUT2D eigenvalue weighted by Gasteiger charge is 2.27. The van der Waals surface area contributed by atoms with Crippen LogP contribution in [-0.2, 0) is 6.42 Å². The quantitative estimate of drug-likeness (QED) is 0.389. The number of thioether (sulfide) groups is 1. The first-order valence-electron chi connectivity index (χ1n) is 9.78. The maximum Gasteiger partial charge on any atom is 0.280 e. The summed E-state index contributed by atoms with van der Waals surface area (Å²) < 4.78 is 26.9. The Morgan fingerprint density at radius 1 is 1.07 bits per heavy atom.